The summed E-state index contributed by atoms with van der Waals surface area (Å²) >= 11 is 3.41. The van der Waals surface area contributed by atoms with Crippen molar-refractivity contribution in [1.29, 1.82) is 0 Å². The van der Waals surface area contributed by atoms with Gasteiger partial charge in [-0.15, -0.1) is 0 Å². The molecule has 0 radical (unpaired) electrons. The molecule has 1 aliphatic rings. The van der Waals surface area contributed by atoms with Crippen LogP contribution in [0.5, 0.6) is 0 Å². The summed E-state index contributed by atoms with van der Waals surface area (Å²) in [7, 11) is 1.33. The van der Waals surface area contributed by atoms with Crippen LogP contribution in [0.1, 0.15) is 56.0 Å². The van der Waals surface area contributed by atoms with Crippen LogP contribution < -0.4 is 0 Å². The molecule has 1 saturated heterocycles. The van der Waals surface area contributed by atoms with Gasteiger partial charge in [-0.1, -0.05) is 28.1 Å². The highest BCUT2D eigenvalue weighted by Gasteiger charge is 2.36. The number of methoxy groups -OCH3 is 1. The zero-order valence-corrected chi connectivity index (χ0v) is 18.0. The Morgan fingerprint density at radius 1 is 1.25 bits per heavy atom. The second kappa shape index (κ2) is 7.95. The van der Waals surface area contributed by atoms with Crippen LogP contribution in [0.3, 0.4) is 0 Å². The van der Waals surface area contributed by atoms with E-state index >= 15 is 0 Å². The van der Waals surface area contributed by atoms with Crippen molar-refractivity contribution in [3.8, 4) is 11.3 Å². The number of imidazole rings is 1. The monoisotopic (exact) mass is 449 g/mol. The van der Waals surface area contributed by atoms with Gasteiger partial charge in [-0.2, -0.15) is 0 Å². The summed E-state index contributed by atoms with van der Waals surface area (Å²) in [5.74, 6) is 0.0557. The Bertz CT molecular complexity index is 871. The fraction of sp³-hybridized carbons (Fsp3) is 0.450. The second-order valence-electron chi connectivity index (χ2n) is 7.68. The number of hydrogen-bond donors (Lipinski definition) is 1. The molecule has 0 spiro atoms. The van der Waals surface area contributed by atoms with Crippen molar-refractivity contribution in [3.63, 3.8) is 0 Å². The summed E-state index contributed by atoms with van der Waals surface area (Å²) in [6, 6.07) is 7.23. The summed E-state index contributed by atoms with van der Waals surface area (Å²) in [4.78, 5) is 34.3. The van der Waals surface area contributed by atoms with Crippen LogP contribution in [-0.2, 0) is 9.47 Å². The molecule has 1 aromatic carbocycles. The molecule has 1 N–H and O–H groups in total. The minimum absolute atomic E-state index is 0.274. The lowest BCUT2D eigenvalue weighted by atomic mass is 10.1. The molecule has 3 rings (SSSR count). The highest BCUT2D eigenvalue weighted by Crippen LogP contribution is 2.34. The number of amides is 1. The van der Waals surface area contributed by atoms with Gasteiger partial charge in [-0.05, 0) is 45.7 Å². The number of halogens is 1. The van der Waals surface area contributed by atoms with Crippen molar-refractivity contribution in [2.24, 2.45) is 0 Å². The Hall–Kier alpha value is -2.35. The molecular weight excluding hydrogens is 426 g/mol. The number of ether oxygens (including phenoxy) is 2. The number of hydrogen-bond acceptors (Lipinski definition) is 5. The highest BCUT2D eigenvalue weighted by atomic mass is 79.9. The van der Waals surface area contributed by atoms with Crippen LogP contribution in [0.25, 0.3) is 11.3 Å². The first-order valence-corrected chi connectivity index (χ1v) is 9.92. The number of likely N-dealkylation sites (tertiary alicyclic amines) is 1. The molecule has 150 valence electrons. The minimum Gasteiger partial charge on any atom is -0.464 e. The topological polar surface area (TPSA) is 84.5 Å². The van der Waals surface area contributed by atoms with Crippen LogP contribution in [0, 0.1) is 0 Å². The molecule has 1 aromatic heterocycles. The van der Waals surface area contributed by atoms with Gasteiger partial charge < -0.3 is 14.5 Å². The van der Waals surface area contributed by atoms with E-state index in [9.17, 15) is 9.59 Å². The Labute approximate surface area is 172 Å². The molecule has 0 saturated carbocycles. The number of esters is 1. The zero-order valence-electron chi connectivity index (χ0n) is 16.4. The number of benzene rings is 1. The third-order valence-corrected chi connectivity index (χ3v) is 4.95. The van der Waals surface area contributed by atoms with Crippen molar-refractivity contribution >= 4 is 28.0 Å². The van der Waals surface area contributed by atoms with E-state index in [-0.39, 0.29) is 17.8 Å². The first-order valence-electron chi connectivity index (χ1n) is 9.13. The van der Waals surface area contributed by atoms with Crippen molar-refractivity contribution in [1.82, 2.24) is 14.9 Å². The van der Waals surface area contributed by atoms with Crippen LogP contribution in [0.2, 0.25) is 0 Å². The Morgan fingerprint density at radius 3 is 2.54 bits per heavy atom. The molecule has 7 nitrogen and oxygen atoms in total. The Kier molecular flexibility index (Phi) is 5.79. The van der Waals surface area contributed by atoms with Gasteiger partial charge in [0, 0.05) is 16.6 Å². The first-order chi connectivity index (χ1) is 13.2. The average molecular weight is 450 g/mol. The number of nitrogens with one attached hydrogen (secondary N) is 1. The van der Waals surface area contributed by atoms with Gasteiger partial charge in [0.2, 0.25) is 0 Å². The summed E-state index contributed by atoms with van der Waals surface area (Å²) in [6.07, 6.45) is 1.20. The third-order valence-electron chi connectivity index (χ3n) is 4.43. The molecule has 28 heavy (non-hydrogen) atoms. The van der Waals surface area contributed by atoms with Gasteiger partial charge in [-0.3, -0.25) is 4.90 Å². The molecule has 0 unspecified atom stereocenters. The molecule has 1 amide bonds. The lowest BCUT2D eigenvalue weighted by molar-refractivity contribution is 0.0218. The van der Waals surface area contributed by atoms with Gasteiger partial charge in [0.15, 0.2) is 5.69 Å². The molecule has 0 aliphatic carbocycles. The Morgan fingerprint density at radius 2 is 1.93 bits per heavy atom. The van der Waals surface area contributed by atoms with E-state index in [0.29, 0.717) is 18.1 Å². The fourth-order valence-electron chi connectivity index (χ4n) is 3.21. The zero-order chi connectivity index (χ0) is 20.5. The van der Waals surface area contributed by atoms with Crippen molar-refractivity contribution in [2.75, 3.05) is 13.7 Å². The van der Waals surface area contributed by atoms with Crippen molar-refractivity contribution < 1.29 is 19.1 Å². The molecule has 1 atom stereocenters. The molecule has 2 heterocycles. The third kappa shape index (κ3) is 4.38. The number of carbonyl (C=O) groups is 2. The van der Waals surface area contributed by atoms with Gasteiger partial charge in [0.1, 0.15) is 17.1 Å². The number of nitrogens with zero attached hydrogens (tertiary/aromatic N) is 2. The SMILES string of the molecule is COC(=O)c1[nH]c([C@@H]2CCCN2C(=O)OC(C)(C)C)nc1-c1ccc(Br)cc1. The predicted molar refractivity (Wildman–Crippen MR) is 108 cm³/mol. The molecule has 1 fully saturated rings. The maximum absolute atomic E-state index is 12.6. The average Bonchev–Trinajstić information content (AvgIpc) is 3.27. The van der Waals surface area contributed by atoms with Crippen LogP contribution in [0.4, 0.5) is 4.79 Å². The summed E-state index contributed by atoms with van der Waals surface area (Å²) in [5, 5.41) is 0. The van der Waals surface area contributed by atoms with Crippen LogP contribution >= 0.6 is 15.9 Å². The molecule has 1 aliphatic heterocycles. The molecular formula is C20H24BrN3O4. The standard InChI is InChI=1S/C20H24BrN3O4/c1-20(2,3)28-19(26)24-11-5-6-14(24)17-22-15(16(23-17)18(25)27-4)12-7-9-13(21)10-8-12/h7-10,14H,5-6,11H2,1-4H3,(H,22,23)/t14-/m0/s1. The summed E-state index contributed by atoms with van der Waals surface area (Å²) in [6.45, 7) is 6.10. The van der Waals surface area contributed by atoms with Gasteiger partial charge in [0.05, 0.1) is 13.2 Å². The smallest absolute Gasteiger partial charge is 0.410 e. The first kappa shape index (κ1) is 20.4. The molecule has 8 heteroatoms. The predicted octanol–water partition coefficient (Wildman–Crippen LogP) is 4.70. The maximum atomic E-state index is 12.6. The van der Waals surface area contributed by atoms with E-state index in [4.69, 9.17) is 9.47 Å². The van der Waals surface area contributed by atoms with E-state index in [1.807, 2.05) is 45.0 Å². The van der Waals surface area contributed by atoms with Crippen LogP contribution in [0.15, 0.2) is 28.7 Å². The molecule has 2 aromatic rings. The van der Waals surface area contributed by atoms with E-state index in [2.05, 4.69) is 25.9 Å². The molecule has 0 bridgehead atoms. The minimum atomic E-state index is -0.576. The quantitative estimate of drug-likeness (QED) is 0.686. The maximum Gasteiger partial charge on any atom is 0.410 e. The number of H-pyrrole nitrogens is 1. The van der Waals surface area contributed by atoms with E-state index in [0.717, 1.165) is 22.9 Å². The lowest BCUT2D eigenvalue weighted by Gasteiger charge is -2.27. The number of aromatic nitrogens is 2. The second-order valence-corrected chi connectivity index (χ2v) is 8.59. The Balaban J connectivity index is 1.96. The van der Waals surface area contributed by atoms with Crippen molar-refractivity contribution in [2.45, 2.75) is 45.3 Å². The van der Waals surface area contributed by atoms with Gasteiger partial charge in [0.25, 0.3) is 0 Å². The van der Waals surface area contributed by atoms with Crippen LogP contribution in [-0.4, -0.2) is 46.2 Å². The summed E-state index contributed by atoms with van der Waals surface area (Å²) < 4.78 is 11.4. The van der Waals surface area contributed by atoms with Gasteiger partial charge in [-0.25, -0.2) is 14.6 Å². The van der Waals surface area contributed by atoms with Crippen molar-refractivity contribution in [3.05, 3.63) is 40.3 Å². The highest BCUT2D eigenvalue weighted by molar-refractivity contribution is 9.10. The van der Waals surface area contributed by atoms with Gasteiger partial charge >= 0.3 is 12.1 Å². The summed E-state index contributed by atoms with van der Waals surface area (Å²) in [5.41, 5.74) is 0.988. The fourth-order valence-corrected chi connectivity index (χ4v) is 3.47. The number of aromatic amines is 1. The van der Waals surface area contributed by atoms with E-state index in [1.54, 1.807) is 4.90 Å². The number of rotatable bonds is 3. The lowest BCUT2D eigenvalue weighted by Crippen LogP contribution is -2.36. The normalized spacial score (nSPS) is 16.9. The number of carbonyl (C=O) groups excluding carboxylic acids is 2. The van der Waals surface area contributed by atoms with E-state index in [1.165, 1.54) is 7.11 Å². The largest absolute Gasteiger partial charge is 0.464 e. The van der Waals surface area contributed by atoms with E-state index < -0.39 is 11.6 Å².